The minimum absolute atomic E-state index is 0.151. The highest BCUT2D eigenvalue weighted by Gasteiger charge is 2.22. The number of carbonyl (C=O) groups is 1. The van der Waals surface area contributed by atoms with Gasteiger partial charge in [0, 0.05) is 23.5 Å². The summed E-state index contributed by atoms with van der Waals surface area (Å²) in [6.07, 6.45) is 3.17. The SMILES string of the molecule is O=C(NC(c1ccccc1)c1c(O)ccc2ccccc12)c1ccncc1. The Morgan fingerprint density at radius 1 is 0.852 bits per heavy atom. The van der Waals surface area contributed by atoms with Gasteiger partial charge in [-0.15, -0.1) is 0 Å². The molecule has 0 aliphatic rings. The maximum atomic E-state index is 12.8. The Kier molecular flexibility index (Phi) is 4.54. The molecule has 1 amide bonds. The third-order valence-electron chi connectivity index (χ3n) is 4.59. The molecule has 0 bridgehead atoms. The molecule has 4 nitrogen and oxygen atoms in total. The molecule has 132 valence electrons. The number of nitrogens with zero attached hydrogens (tertiary/aromatic N) is 1. The lowest BCUT2D eigenvalue weighted by molar-refractivity contribution is 0.0943. The topological polar surface area (TPSA) is 62.2 Å². The number of amides is 1. The molecule has 1 aromatic heterocycles. The van der Waals surface area contributed by atoms with Crippen LogP contribution in [0.4, 0.5) is 0 Å². The average Bonchev–Trinajstić information content (AvgIpc) is 2.73. The molecule has 0 radical (unpaired) electrons. The molecule has 1 atom stereocenters. The number of fused-ring (bicyclic) bond motifs is 1. The first-order chi connectivity index (χ1) is 13.2. The van der Waals surface area contributed by atoms with E-state index in [1.54, 1.807) is 30.6 Å². The van der Waals surface area contributed by atoms with Crippen molar-refractivity contribution in [3.8, 4) is 5.75 Å². The van der Waals surface area contributed by atoms with Gasteiger partial charge in [0.25, 0.3) is 5.91 Å². The third-order valence-corrected chi connectivity index (χ3v) is 4.59. The van der Waals surface area contributed by atoms with Crippen LogP contribution in [0.25, 0.3) is 10.8 Å². The number of benzene rings is 3. The Morgan fingerprint density at radius 3 is 2.33 bits per heavy atom. The van der Waals surface area contributed by atoms with Crippen LogP contribution in [-0.4, -0.2) is 16.0 Å². The van der Waals surface area contributed by atoms with E-state index in [4.69, 9.17) is 0 Å². The number of phenolic OH excluding ortho intramolecular Hbond substituents is 1. The number of pyridine rings is 1. The monoisotopic (exact) mass is 354 g/mol. The smallest absolute Gasteiger partial charge is 0.252 e. The number of rotatable bonds is 4. The van der Waals surface area contributed by atoms with E-state index in [2.05, 4.69) is 10.3 Å². The summed E-state index contributed by atoms with van der Waals surface area (Å²) < 4.78 is 0. The van der Waals surface area contributed by atoms with Gasteiger partial charge in [0.1, 0.15) is 5.75 Å². The lowest BCUT2D eigenvalue weighted by atomic mass is 9.92. The Morgan fingerprint density at radius 2 is 1.56 bits per heavy atom. The van der Waals surface area contributed by atoms with Crippen molar-refractivity contribution in [2.75, 3.05) is 0 Å². The van der Waals surface area contributed by atoms with E-state index in [0.717, 1.165) is 16.3 Å². The van der Waals surface area contributed by atoms with Crippen molar-refractivity contribution in [1.82, 2.24) is 10.3 Å². The van der Waals surface area contributed by atoms with Crippen LogP contribution < -0.4 is 5.32 Å². The van der Waals surface area contributed by atoms with Gasteiger partial charge in [0.15, 0.2) is 0 Å². The molecular weight excluding hydrogens is 336 g/mol. The number of aromatic nitrogens is 1. The van der Waals surface area contributed by atoms with E-state index in [1.165, 1.54) is 0 Å². The largest absolute Gasteiger partial charge is 0.508 e. The normalized spacial score (nSPS) is 11.9. The first-order valence-electron chi connectivity index (χ1n) is 8.70. The number of carbonyl (C=O) groups excluding carboxylic acids is 1. The van der Waals surface area contributed by atoms with Gasteiger partial charge in [-0.2, -0.15) is 0 Å². The zero-order valence-electron chi connectivity index (χ0n) is 14.5. The molecule has 0 spiro atoms. The maximum absolute atomic E-state index is 12.8. The molecule has 27 heavy (non-hydrogen) atoms. The van der Waals surface area contributed by atoms with E-state index in [0.29, 0.717) is 11.1 Å². The predicted octanol–water partition coefficient (Wildman–Crippen LogP) is 4.46. The van der Waals surface area contributed by atoms with E-state index in [1.807, 2.05) is 60.7 Å². The minimum atomic E-state index is -0.488. The maximum Gasteiger partial charge on any atom is 0.252 e. The number of hydrogen-bond acceptors (Lipinski definition) is 3. The minimum Gasteiger partial charge on any atom is -0.508 e. The molecule has 2 N–H and O–H groups in total. The highest BCUT2D eigenvalue weighted by Crippen LogP contribution is 2.35. The summed E-state index contributed by atoms with van der Waals surface area (Å²) in [6, 6.07) is 23.9. The summed E-state index contributed by atoms with van der Waals surface area (Å²) in [7, 11) is 0. The van der Waals surface area contributed by atoms with Crippen molar-refractivity contribution < 1.29 is 9.90 Å². The lowest BCUT2D eigenvalue weighted by Crippen LogP contribution is -2.29. The van der Waals surface area contributed by atoms with Gasteiger partial charge in [-0.1, -0.05) is 60.7 Å². The van der Waals surface area contributed by atoms with Crippen molar-refractivity contribution in [1.29, 1.82) is 0 Å². The third kappa shape index (κ3) is 3.37. The van der Waals surface area contributed by atoms with Gasteiger partial charge < -0.3 is 10.4 Å². The van der Waals surface area contributed by atoms with Crippen molar-refractivity contribution >= 4 is 16.7 Å². The Bertz CT molecular complexity index is 1080. The van der Waals surface area contributed by atoms with Crippen LogP contribution in [-0.2, 0) is 0 Å². The molecule has 1 heterocycles. The van der Waals surface area contributed by atoms with Gasteiger partial charge in [-0.3, -0.25) is 9.78 Å². The molecule has 3 aromatic carbocycles. The fourth-order valence-electron chi connectivity index (χ4n) is 3.27. The molecule has 0 aliphatic heterocycles. The molecule has 4 aromatic rings. The zero-order chi connectivity index (χ0) is 18.6. The van der Waals surface area contributed by atoms with Gasteiger partial charge in [0.05, 0.1) is 6.04 Å². The second-order valence-corrected chi connectivity index (χ2v) is 6.27. The van der Waals surface area contributed by atoms with Crippen LogP contribution >= 0.6 is 0 Å². The molecule has 4 heteroatoms. The highest BCUT2D eigenvalue weighted by atomic mass is 16.3. The number of aromatic hydroxyl groups is 1. The summed E-state index contributed by atoms with van der Waals surface area (Å²) in [5, 5.41) is 15.6. The second-order valence-electron chi connectivity index (χ2n) is 6.27. The van der Waals surface area contributed by atoms with Crippen LogP contribution in [0.5, 0.6) is 5.75 Å². The molecule has 1 unspecified atom stereocenters. The van der Waals surface area contributed by atoms with E-state index < -0.39 is 6.04 Å². The van der Waals surface area contributed by atoms with Crippen LogP contribution in [0.1, 0.15) is 27.5 Å². The van der Waals surface area contributed by atoms with Crippen LogP contribution in [0.2, 0.25) is 0 Å². The predicted molar refractivity (Wildman–Crippen MR) is 106 cm³/mol. The van der Waals surface area contributed by atoms with Crippen molar-refractivity contribution in [3.63, 3.8) is 0 Å². The summed E-state index contributed by atoms with van der Waals surface area (Å²) in [5.41, 5.74) is 2.10. The van der Waals surface area contributed by atoms with Crippen molar-refractivity contribution in [2.24, 2.45) is 0 Å². The second kappa shape index (κ2) is 7.30. The molecule has 0 saturated carbocycles. The average molecular weight is 354 g/mol. The summed E-state index contributed by atoms with van der Waals surface area (Å²) >= 11 is 0. The summed E-state index contributed by atoms with van der Waals surface area (Å²) in [4.78, 5) is 16.8. The summed E-state index contributed by atoms with van der Waals surface area (Å²) in [6.45, 7) is 0. The fraction of sp³-hybridized carbons (Fsp3) is 0.0435. The molecule has 4 rings (SSSR count). The Labute approximate surface area is 157 Å². The van der Waals surface area contributed by atoms with Crippen LogP contribution in [0, 0.1) is 0 Å². The molecular formula is C23H18N2O2. The van der Waals surface area contributed by atoms with Gasteiger partial charge in [-0.05, 0) is 34.5 Å². The first-order valence-corrected chi connectivity index (χ1v) is 8.70. The van der Waals surface area contributed by atoms with Crippen molar-refractivity contribution in [2.45, 2.75) is 6.04 Å². The van der Waals surface area contributed by atoms with Crippen LogP contribution in [0.15, 0.2) is 91.3 Å². The number of phenols is 1. The van der Waals surface area contributed by atoms with Gasteiger partial charge >= 0.3 is 0 Å². The molecule has 0 fully saturated rings. The van der Waals surface area contributed by atoms with Gasteiger partial charge in [-0.25, -0.2) is 0 Å². The summed E-state index contributed by atoms with van der Waals surface area (Å²) in [5.74, 6) is -0.0730. The van der Waals surface area contributed by atoms with Gasteiger partial charge in [0.2, 0.25) is 0 Å². The lowest BCUT2D eigenvalue weighted by Gasteiger charge is -2.22. The van der Waals surface area contributed by atoms with E-state index in [-0.39, 0.29) is 11.7 Å². The zero-order valence-corrected chi connectivity index (χ0v) is 14.5. The quantitative estimate of drug-likeness (QED) is 0.569. The Hall–Kier alpha value is -3.66. The Balaban J connectivity index is 1.85. The van der Waals surface area contributed by atoms with Crippen molar-refractivity contribution in [3.05, 3.63) is 108 Å². The standard InChI is InChI=1S/C23H18N2O2/c26-20-11-10-16-6-4-5-9-19(16)21(20)22(17-7-2-1-3-8-17)25-23(27)18-12-14-24-15-13-18/h1-15,22,26H,(H,25,27). The van der Waals surface area contributed by atoms with Crippen LogP contribution in [0.3, 0.4) is 0 Å². The fourth-order valence-corrected chi connectivity index (χ4v) is 3.27. The van der Waals surface area contributed by atoms with E-state index in [9.17, 15) is 9.90 Å². The number of hydrogen-bond donors (Lipinski definition) is 2. The van der Waals surface area contributed by atoms with E-state index >= 15 is 0 Å². The molecule has 0 aliphatic carbocycles. The first kappa shape index (κ1) is 16.8. The highest BCUT2D eigenvalue weighted by molar-refractivity contribution is 5.95. The number of nitrogens with one attached hydrogen (secondary N) is 1. The molecule has 0 saturated heterocycles.